The third kappa shape index (κ3) is 3.25. The molecule has 3 aromatic carbocycles. The molecule has 0 saturated carbocycles. The highest BCUT2D eigenvalue weighted by Gasteiger charge is 2.33. The summed E-state index contributed by atoms with van der Waals surface area (Å²) in [6, 6.07) is 24.4. The molecule has 0 amide bonds. The summed E-state index contributed by atoms with van der Waals surface area (Å²) in [7, 11) is 0. The van der Waals surface area contributed by atoms with Crippen LogP contribution in [0.1, 0.15) is 22.9 Å². The van der Waals surface area contributed by atoms with E-state index < -0.39 is 11.9 Å². The maximum absolute atomic E-state index is 13.0. The lowest BCUT2D eigenvalue weighted by Crippen LogP contribution is -2.21. The maximum Gasteiger partial charge on any atom is 0.318 e. The Bertz CT molecular complexity index is 1120. The zero-order chi connectivity index (χ0) is 19.6. The van der Waals surface area contributed by atoms with Crippen LogP contribution in [0.2, 0.25) is 0 Å². The first-order valence-electron chi connectivity index (χ1n) is 9.20. The van der Waals surface area contributed by atoms with E-state index in [1.54, 1.807) is 0 Å². The minimum Gasteiger partial charge on any atom is -0.457 e. The van der Waals surface area contributed by atoms with Gasteiger partial charge in [0, 0.05) is 16.7 Å². The fourth-order valence-electron chi connectivity index (χ4n) is 3.39. The van der Waals surface area contributed by atoms with Gasteiger partial charge >= 0.3 is 5.97 Å². The van der Waals surface area contributed by atoms with E-state index >= 15 is 0 Å². The second-order valence-corrected chi connectivity index (χ2v) is 6.59. The summed E-state index contributed by atoms with van der Waals surface area (Å²) in [4.78, 5) is 13.0. The molecule has 29 heavy (non-hydrogen) atoms. The van der Waals surface area contributed by atoms with Crippen molar-refractivity contribution >= 4 is 5.97 Å². The van der Waals surface area contributed by atoms with Crippen LogP contribution in [-0.2, 0) is 16.1 Å². The van der Waals surface area contributed by atoms with E-state index in [4.69, 9.17) is 13.9 Å². The summed E-state index contributed by atoms with van der Waals surface area (Å²) in [5.74, 6) is 0.958. The minimum absolute atomic E-state index is 0.0969. The summed E-state index contributed by atoms with van der Waals surface area (Å²) in [6.07, 6.45) is 0. The van der Waals surface area contributed by atoms with Crippen molar-refractivity contribution in [2.45, 2.75) is 12.5 Å². The van der Waals surface area contributed by atoms with Crippen LogP contribution in [0.4, 0.5) is 0 Å². The number of esters is 1. The molecule has 0 bridgehead atoms. The minimum atomic E-state index is -0.576. The molecule has 0 radical (unpaired) electrons. The number of rotatable bonds is 4. The molecule has 0 fully saturated rings. The van der Waals surface area contributed by atoms with Crippen molar-refractivity contribution in [2.75, 3.05) is 0 Å². The zero-order valence-corrected chi connectivity index (χ0v) is 15.3. The smallest absolute Gasteiger partial charge is 0.318 e. The number of fused-ring (bicyclic) bond motifs is 2. The standard InChI is InChI=1S/C23H16N2O4/c26-23(27-14-20-24-25-22(29-20)15-8-2-1-3-9-15)21-16-10-4-6-12-18(16)28-19-13-7-5-11-17(19)21/h1-13,21H,14H2. The lowest BCUT2D eigenvalue weighted by molar-refractivity contribution is -0.146. The summed E-state index contributed by atoms with van der Waals surface area (Å²) in [6.45, 7) is -0.0969. The average molecular weight is 384 g/mol. The van der Waals surface area contributed by atoms with Gasteiger partial charge in [0.15, 0.2) is 6.61 Å². The highest BCUT2D eigenvalue weighted by atomic mass is 16.5. The van der Waals surface area contributed by atoms with Crippen LogP contribution in [0.5, 0.6) is 11.5 Å². The Kier molecular flexibility index (Phi) is 4.29. The van der Waals surface area contributed by atoms with Crippen LogP contribution >= 0.6 is 0 Å². The van der Waals surface area contributed by atoms with Crippen molar-refractivity contribution in [3.8, 4) is 23.0 Å². The van der Waals surface area contributed by atoms with Gasteiger partial charge in [-0.1, -0.05) is 54.6 Å². The number of aromatic nitrogens is 2. The van der Waals surface area contributed by atoms with E-state index in [1.165, 1.54) is 0 Å². The molecule has 1 aliphatic heterocycles. The van der Waals surface area contributed by atoms with Gasteiger partial charge in [0.2, 0.25) is 5.89 Å². The third-order valence-electron chi connectivity index (χ3n) is 4.74. The quantitative estimate of drug-likeness (QED) is 0.474. The predicted octanol–water partition coefficient (Wildman–Crippen LogP) is 4.72. The predicted molar refractivity (Wildman–Crippen MR) is 104 cm³/mol. The number of hydrogen-bond donors (Lipinski definition) is 0. The fraction of sp³-hybridized carbons (Fsp3) is 0.0870. The first-order chi connectivity index (χ1) is 14.3. The second kappa shape index (κ2) is 7.24. The number of ether oxygens (including phenoxy) is 2. The van der Waals surface area contributed by atoms with Gasteiger partial charge in [0.1, 0.15) is 17.4 Å². The molecule has 0 saturated heterocycles. The lowest BCUT2D eigenvalue weighted by atomic mass is 9.88. The Morgan fingerprint density at radius 3 is 2.14 bits per heavy atom. The highest BCUT2D eigenvalue weighted by molar-refractivity contribution is 5.85. The molecule has 0 atom stereocenters. The number of hydrogen-bond acceptors (Lipinski definition) is 6. The lowest BCUT2D eigenvalue weighted by Gasteiger charge is -2.26. The monoisotopic (exact) mass is 384 g/mol. The molecule has 0 unspecified atom stereocenters. The SMILES string of the molecule is O=C(OCc1nnc(-c2ccccc2)o1)C1c2ccccc2Oc2ccccc21. The van der Waals surface area contributed by atoms with Gasteiger partial charge in [-0.15, -0.1) is 10.2 Å². The van der Waals surface area contributed by atoms with Crippen molar-refractivity contribution in [3.05, 3.63) is 95.9 Å². The first-order valence-corrected chi connectivity index (χ1v) is 9.20. The second-order valence-electron chi connectivity index (χ2n) is 6.59. The zero-order valence-electron chi connectivity index (χ0n) is 15.3. The van der Waals surface area contributed by atoms with Crippen LogP contribution in [-0.4, -0.2) is 16.2 Å². The van der Waals surface area contributed by atoms with Crippen molar-refractivity contribution in [2.24, 2.45) is 0 Å². The van der Waals surface area contributed by atoms with Crippen LogP contribution < -0.4 is 4.74 Å². The van der Waals surface area contributed by atoms with Crippen LogP contribution in [0.15, 0.2) is 83.3 Å². The molecule has 0 N–H and O–H groups in total. The molecule has 2 heterocycles. The Labute approximate surface area is 166 Å². The van der Waals surface area contributed by atoms with Gasteiger partial charge in [-0.25, -0.2) is 0 Å². The molecule has 1 aliphatic rings. The van der Waals surface area contributed by atoms with E-state index in [0.29, 0.717) is 17.4 Å². The summed E-state index contributed by atoms with van der Waals surface area (Å²) < 4.78 is 17.1. The Morgan fingerprint density at radius 1 is 0.828 bits per heavy atom. The number of benzene rings is 3. The van der Waals surface area contributed by atoms with Gasteiger partial charge < -0.3 is 13.9 Å². The van der Waals surface area contributed by atoms with E-state index in [1.807, 2.05) is 78.9 Å². The van der Waals surface area contributed by atoms with Crippen molar-refractivity contribution in [1.29, 1.82) is 0 Å². The number of carbonyl (C=O) groups excluding carboxylic acids is 1. The Balaban J connectivity index is 1.37. The third-order valence-corrected chi connectivity index (χ3v) is 4.74. The summed E-state index contributed by atoms with van der Waals surface area (Å²) in [5, 5.41) is 8.00. The van der Waals surface area contributed by atoms with Crippen LogP contribution in [0.3, 0.4) is 0 Å². The van der Waals surface area contributed by atoms with E-state index in [-0.39, 0.29) is 12.5 Å². The topological polar surface area (TPSA) is 74.5 Å². The molecule has 5 rings (SSSR count). The van der Waals surface area contributed by atoms with E-state index in [9.17, 15) is 4.79 Å². The van der Waals surface area contributed by atoms with Gasteiger partial charge in [-0.3, -0.25) is 4.79 Å². The van der Waals surface area contributed by atoms with Crippen molar-refractivity contribution in [3.63, 3.8) is 0 Å². The molecule has 0 aliphatic carbocycles. The number of nitrogens with zero attached hydrogens (tertiary/aromatic N) is 2. The van der Waals surface area contributed by atoms with Crippen molar-refractivity contribution < 1.29 is 18.7 Å². The van der Waals surface area contributed by atoms with Gasteiger partial charge in [0.25, 0.3) is 5.89 Å². The fourth-order valence-corrected chi connectivity index (χ4v) is 3.39. The normalized spacial score (nSPS) is 12.6. The van der Waals surface area contributed by atoms with Crippen LogP contribution in [0.25, 0.3) is 11.5 Å². The molecular formula is C23H16N2O4. The largest absolute Gasteiger partial charge is 0.457 e. The van der Waals surface area contributed by atoms with Gasteiger partial charge in [-0.2, -0.15) is 0 Å². The van der Waals surface area contributed by atoms with Gasteiger partial charge in [-0.05, 0) is 24.3 Å². The van der Waals surface area contributed by atoms with Gasteiger partial charge in [0.05, 0.1) is 0 Å². The molecule has 4 aromatic rings. The molecule has 6 nitrogen and oxygen atoms in total. The highest BCUT2D eigenvalue weighted by Crippen LogP contribution is 2.44. The van der Waals surface area contributed by atoms with Crippen LogP contribution in [0, 0.1) is 0 Å². The maximum atomic E-state index is 13.0. The first kappa shape index (κ1) is 17.2. The Hall–Kier alpha value is -3.93. The Morgan fingerprint density at radius 2 is 1.45 bits per heavy atom. The van der Waals surface area contributed by atoms with E-state index in [0.717, 1.165) is 16.7 Å². The number of para-hydroxylation sites is 2. The average Bonchev–Trinajstić information content (AvgIpc) is 3.25. The summed E-state index contributed by atoms with van der Waals surface area (Å²) in [5.41, 5.74) is 2.35. The molecule has 6 heteroatoms. The van der Waals surface area contributed by atoms with E-state index in [2.05, 4.69) is 10.2 Å². The molecular weight excluding hydrogens is 368 g/mol. The molecule has 0 spiro atoms. The molecule has 1 aromatic heterocycles. The van der Waals surface area contributed by atoms with Crippen molar-refractivity contribution in [1.82, 2.24) is 10.2 Å². The number of carbonyl (C=O) groups is 1. The molecule has 142 valence electrons. The summed E-state index contributed by atoms with van der Waals surface area (Å²) >= 11 is 0.